The summed E-state index contributed by atoms with van der Waals surface area (Å²) in [6, 6.07) is 19.4. The average molecular weight is 440 g/mol. The Balaban J connectivity index is 1.33. The van der Waals surface area contributed by atoms with E-state index in [1.54, 1.807) is 30.5 Å². The maximum Gasteiger partial charge on any atom is 0.323 e. The van der Waals surface area contributed by atoms with Gasteiger partial charge in [-0.25, -0.2) is 14.2 Å². The Bertz CT molecular complexity index is 1500. The molecule has 9 heteroatoms. The molecule has 4 N–H and O–H groups in total. The van der Waals surface area contributed by atoms with Gasteiger partial charge in [0.15, 0.2) is 0 Å². The number of carbonyl (C=O) groups excluding carboxylic acids is 2. The van der Waals surface area contributed by atoms with E-state index >= 15 is 0 Å². The number of hydrogen-bond donors (Lipinski definition) is 4. The van der Waals surface area contributed by atoms with Crippen LogP contribution in [0.1, 0.15) is 10.5 Å². The lowest BCUT2D eigenvalue weighted by Gasteiger charge is -2.08. The molecule has 0 radical (unpaired) electrons. The molecule has 0 fully saturated rings. The zero-order valence-corrected chi connectivity index (χ0v) is 17.1. The van der Waals surface area contributed by atoms with Crippen LogP contribution >= 0.6 is 0 Å². The van der Waals surface area contributed by atoms with Crippen LogP contribution in [-0.4, -0.2) is 26.9 Å². The predicted octanol–water partition coefficient (Wildman–Crippen LogP) is 5.15. The minimum atomic E-state index is -0.511. The Morgan fingerprint density at radius 2 is 1.64 bits per heavy atom. The normalized spacial score (nSPS) is 10.8. The Morgan fingerprint density at radius 1 is 0.848 bits per heavy atom. The number of carbonyl (C=O) groups is 2. The number of rotatable bonds is 4. The summed E-state index contributed by atoms with van der Waals surface area (Å²) in [5.74, 6) is -0.586. The SMILES string of the molecule is O=C(Nc1ccc(F)cc1)Nc1cccc2[nH]c(NC(=O)c3cc4ccccc4cn3)nc12. The van der Waals surface area contributed by atoms with Gasteiger partial charge < -0.3 is 15.6 Å². The number of anilines is 3. The second-order valence-electron chi connectivity index (χ2n) is 7.24. The van der Waals surface area contributed by atoms with Crippen molar-refractivity contribution in [3.05, 3.63) is 90.5 Å². The third-order valence-electron chi connectivity index (χ3n) is 4.96. The lowest BCUT2D eigenvalue weighted by Crippen LogP contribution is -2.19. The maximum absolute atomic E-state index is 13.0. The molecule has 0 aliphatic carbocycles. The first-order valence-corrected chi connectivity index (χ1v) is 10.0. The lowest BCUT2D eigenvalue weighted by molar-refractivity contribution is 0.102. The number of nitrogens with zero attached hydrogens (tertiary/aromatic N) is 2. The number of urea groups is 1. The standard InChI is InChI=1S/C24H17FN6O2/c25-16-8-10-17(11-9-16)27-24(33)29-19-7-3-6-18-21(19)30-23(28-18)31-22(32)20-12-14-4-1-2-5-15(14)13-26-20/h1-13H,(H2,27,29,33)(H2,28,30,31,32). The number of hydrogen-bond acceptors (Lipinski definition) is 4. The largest absolute Gasteiger partial charge is 0.324 e. The van der Waals surface area contributed by atoms with Crippen molar-refractivity contribution in [1.82, 2.24) is 15.0 Å². The second kappa shape index (κ2) is 8.39. The molecule has 0 bridgehead atoms. The molecule has 5 aromatic rings. The molecule has 0 saturated carbocycles. The summed E-state index contributed by atoms with van der Waals surface area (Å²) in [5.41, 5.74) is 2.22. The van der Waals surface area contributed by atoms with Crippen molar-refractivity contribution in [2.45, 2.75) is 0 Å². The third-order valence-corrected chi connectivity index (χ3v) is 4.96. The first-order valence-electron chi connectivity index (χ1n) is 10.0. The number of pyridine rings is 1. The van der Waals surface area contributed by atoms with Gasteiger partial charge in [0.2, 0.25) is 5.95 Å². The minimum absolute atomic E-state index is 0.221. The summed E-state index contributed by atoms with van der Waals surface area (Å²) < 4.78 is 13.0. The number of para-hydroxylation sites is 1. The molecule has 8 nitrogen and oxygen atoms in total. The van der Waals surface area contributed by atoms with Gasteiger partial charge in [0.1, 0.15) is 17.0 Å². The van der Waals surface area contributed by atoms with Crippen LogP contribution < -0.4 is 16.0 Å². The van der Waals surface area contributed by atoms with Gasteiger partial charge in [-0.05, 0) is 47.9 Å². The summed E-state index contributed by atoms with van der Waals surface area (Å²) in [6.07, 6.45) is 1.64. The van der Waals surface area contributed by atoms with Crippen LogP contribution in [0.25, 0.3) is 21.8 Å². The van der Waals surface area contributed by atoms with Gasteiger partial charge in [-0.3, -0.25) is 15.1 Å². The first kappa shape index (κ1) is 20.1. The number of imidazole rings is 1. The molecular weight excluding hydrogens is 423 g/mol. The molecule has 2 aromatic heterocycles. The fourth-order valence-corrected chi connectivity index (χ4v) is 3.39. The van der Waals surface area contributed by atoms with Gasteiger partial charge in [-0.1, -0.05) is 30.3 Å². The molecule has 5 rings (SSSR count). The lowest BCUT2D eigenvalue weighted by atomic mass is 10.1. The molecule has 0 atom stereocenters. The molecule has 3 amide bonds. The summed E-state index contributed by atoms with van der Waals surface area (Å²) >= 11 is 0. The van der Waals surface area contributed by atoms with Crippen LogP contribution in [0, 0.1) is 5.82 Å². The van der Waals surface area contributed by atoms with Gasteiger partial charge >= 0.3 is 6.03 Å². The van der Waals surface area contributed by atoms with Crippen molar-refractivity contribution in [2.75, 3.05) is 16.0 Å². The first-order chi connectivity index (χ1) is 16.0. The van der Waals surface area contributed by atoms with Crippen LogP contribution in [0.4, 0.5) is 26.5 Å². The number of amides is 3. The van der Waals surface area contributed by atoms with Gasteiger partial charge in [0.05, 0.1) is 11.2 Å². The highest BCUT2D eigenvalue weighted by molar-refractivity contribution is 6.07. The smallest absolute Gasteiger partial charge is 0.323 e. The molecule has 0 unspecified atom stereocenters. The maximum atomic E-state index is 13.0. The summed E-state index contributed by atoms with van der Waals surface area (Å²) in [6.45, 7) is 0. The van der Waals surface area contributed by atoms with Crippen molar-refractivity contribution >= 4 is 51.1 Å². The van der Waals surface area contributed by atoms with E-state index < -0.39 is 17.8 Å². The highest BCUT2D eigenvalue weighted by atomic mass is 19.1. The van der Waals surface area contributed by atoms with Gasteiger partial charge in [0, 0.05) is 17.3 Å². The highest BCUT2D eigenvalue weighted by Crippen LogP contribution is 2.24. The van der Waals surface area contributed by atoms with Crippen LogP contribution in [0.15, 0.2) is 79.0 Å². The highest BCUT2D eigenvalue weighted by Gasteiger charge is 2.14. The van der Waals surface area contributed by atoms with Crippen LogP contribution in [0.5, 0.6) is 0 Å². The molecular formula is C24H17FN6O2. The monoisotopic (exact) mass is 440 g/mol. The van der Waals surface area contributed by atoms with E-state index in [0.717, 1.165) is 10.8 Å². The number of fused-ring (bicyclic) bond motifs is 2. The predicted molar refractivity (Wildman–Crippen MR) is 125 cm³/mol. The number of halogens is 1. The van der Waals surface area contributed by atoms with Crippen molar-refractivity contribution in [2.24, 2.45) is 0 Å². The Morgan fingerprint density at radius 3 is 2.45 bits per heavy atom. The number of aromatic amines is 1. The van der Waals surface area contributed by atoms with E-state index in [2.05, 4.69) is 30.9 Å². The van der Waals surface area contributed by atoms with Gasteiger partial charge in [-0.15, -0.1) is 0 Å². The fourth-order valence-electron chi connectivity index (χ4n) is 3.39. The van der Waals surface area contributed by atoms with Gasteiger partial charge in [0.25, 0.3) is 5.91 Å². The zero-order valence-electron chi connectivity index (χ0n) is 17.1. The number of benzene rings is 3. The Hall–Kier alpha value is -4.79. The van der Waals surface area contributed by atoms with Crippen molar-refractivity contribution < 1.29 is 14.0 Å². The molecule has 162 valence electrons. The molecule has 3 aromatic carbocycles. The van der Waals surface area contributed by atoms with E-state index in [4.69, 9.17) is 0 Å². The van der Waals surface area contributed by atoms with E-state index in [1.807, 2.05) is 24.3 Å². The average Bonchev–Trinajstić information content (AvgIpc) is 3.23. The molecule has 0 aliphatic rings. The summed E-state index contributed by atoms with van der Waals surface area (Å²) in [5, 5.41) is 9.89. The van der Waals surface area contributed by atoms with Crippen molar-refractivity contribution in [3.8, 4) is 0 Å². The van der Waals surface area contributed by atoms with E-state index in [-0.39, 0.29) is 11.6 Å². The minimum Gasteiger partial charge on any atom is -0.324 e. The van der Waals surface area contributed by atoms with Crippen LogP contribution in [0.2, 0.25) is 0 Å². The third kappa shape index (κ3) is 4.33. The van der Waals surface area contributed by atoms with Crippen LogP contribution in [-0.2, 0) is 0 Å². The molecule has 2 heterocycles. The van der Waals surface area contributed by atoms with Crippen LogP contribution in [0.3, 0.4) is 0 Å². The summed E-state index contributed by atoms with van der Waals surface area (Å²) in [4.78, 5) is 36.7. The van der Waals surface area contributed by atoms with E-state index in [1.165, 1.54) is 24.3 Å². The molecule has 33 heavy (non-hydrogen) atoms. The molecule has 0 aliphatic heterocycles. The quantitative estimate of drug-likeness (QED) is 0.310. The number of aromatic nitrogens is 3. The van der Waals surface area contributed by atoms with E-state index in [9.17, 15) is 14.0 Å². The Kier molecular flexibility index (Phi) is 5.12. The second-order valence-corrected chi connectivity index (χ2v) is 7.24. The van der Waals surface area contributed by atoms with Crippen molar-refractivity contribution in [3.63, 3.8) is 0 Å². The number of H-pyrrole nitrogens is 1. The number of nitrogens with one attached hydrogen (secondary N) is 4. The van der Waals surface area contributed by atoms with Gasteiger partial charge in [-0.2, -0.15) is 0 Å². The molecule has 0 saturated heterocycles. The van der Waals surface area contributed by atoms with Crippen molar-refractivity contribution in [1.29, 1.82) is 0 Å². The summed E-state index contributed by atoms with van der Waals surface area (Å²) in [7, 11) is 0. The fraction of sp³-hybridized carbons (Fsp3) is 0. The Labute approximate surface area is 186 Å². The van der Waals surface area contributed by atoms with E-state index in [0.29, 0.717) is 22.4 Å². The topological polar surface area (TPSA) is 112 Å². The zero-order chi connectivity index (χ0) is 22.8. The molecule has 0 spiro atoms.